The number of ether oxygens (including phenoxy) is 1. The van der Waals surface area contributed by atoms with Crippen LogP contribution in [0.2, 0.25) is 0 Å². The summed E-state index contributed by atoms with van der Waals surface area (Å²) >= 11 is 0. The number of nitrogens with zero attached hydrogens (tertiary/aromatic N) is 3. The fraction of sp³-hybridized carbons (Fsp3) is 0.480. The number of aryl methyl sites for hydroxylation is 2. The van der Waals surface area contributed by atoms with Gasteiger partial charge in [0.15, 0.2) is 5.82 Å². The summed E-state index contributed by atoms with van der Waals surface area (Å²) in [6, 6.07) is 7.72. The van der Waals surface area contributed by atoms with Crippen molar-refractivity contribution in [3.63, 3.8) is 0 Å². The van der Waals surface area contributed by atoms with E-state index in [9.17, 15) is 5.11 Å². The standard InChI is InChI=1S/C25H33N5O3/c1-15-22(10-18-8-9-27-12-18)28-25(29-24(15)23-16(2)30-33-17(23)3)19-6-5-7-21(11-19)32-14-20(31)13-26-4/h5-7,11,18,20,26-27,31H,8-10,12-14H2,1-4H3/t18-,20?/m0/s1. The van der Waals surface area contributed by atoms with Gasteiger partial charge in [-0.25, -0.2) is 9.97 Å². The molecule has 2 atom stereocenters. The molecule has 0 spiro atoms. The average Bonchev–Trinajstić information content (AvgIpc) is 3.44. The van der Waals surface area contributed by atoms with E-state index in [1.165, 1.54) is 0 Å². The van der Waals surface area contributed by atoms with Crippen molar-refractivity contribution >= 4 is 0 Å². The second-order valence-corrected chi connectivity index (χ2v) is 8.78. The first-order valence-corrected chi connectivity index (χ1v) is 11.5. The van der Waals surface area contributed by atoms with Crippen LogP contribution in [-0.4, -0.2) is 59.6 Å². The second kappa shape index (κ2) is 10.4. The predicted octanol–water partition coefficient (Wildman–Crippen LogP) is 2.83. The van der Waals surface area contributed by atoms with Crippen molar-refractivity contribution in [2.24, 2.45) is 5.92 Å². The van der Waals surface area contributed by atoms with Crippen LogP contribution in [0.25, 0.3) is 22.6 Å². The quantitative estimate of drug-likeness (QED) is 0.456. The highest BCUT2D eigenvalue weighted by molar-refractivity contribution is 5.71. The molecule has 4 rings (SSSR count). The summed E-state index contributed by atoms with van der Waals surface area (Å²) in [7, 11) is 1.80. The van der Waals surface area contributed by atoms with E-state index in [2.05, 4.69) is 22.7 Å². The third-order valence-corrected chi connectivity index (χ3v) is 6.14. The lowest BCUT2D eigenvalue weighted by Crippen LogP contribution is -2.29. The molecule has 3 N–H and O–H groups in total. The zero-order chi connectivity index (χ0) is 23.4. The summed E-state index contributed by atoms with van der Waals surface area (Å²) in [5.41, 5.74) is 5.62. The normalized spacial score (nSPS) is 16.8. The number of hydrogen-bond donors (Lipinski definition) is 3. The Morgan fingerprint density at radius 1 is 1.27 bits per heavy atom. The Labute approximate surface area is 194 Å². The average molecular weight is 452 g/mol. The highest BCUT2D eigenvalue weighted by Gasteiger charge is 2.23. The van der Waals surface area contributed by atoms with Crippen LogP contribution in [0.15, 0.2) is 28.8 Å². The van der Waals surface area contributed by atoms with Gasteiger partial charge in [-0.1, -0.05) is 17.3 Å². The summed E-state index contributed by atoms with van der Waals surface area (Å²) in [5.74, 6) is 2.64. The molecule has 1 unspecified atom stereocenters. The SMILES string of the molecule is CNCC(O)COc1cccc(-c2nc(C[C@@H]3CCNC3)c(C)c(-c3c(C)noc3C)n2)c1. The molecule has 0 radical (unpaired) electrons. The Hall–Kier alpha value is -2.81. The minimum atomic E-state index is -0.577. The number of benzene rings is 1. The number of likely N-dealkylation sites (N-methyl/N-ethyl adjacent to an activating group) is 1. The molecule has 0 amide bonds. The van der Waals surface area contributed by atoms with Crippen LogP contribution in [0.5, 0.6) is 5.75 Å². The molecule has 0 aliphatic carbocycles. The molecule has 2 aromatic heterocycles. The number of aliphatic hydroxyl groups excluding tert-OH is 1. The van der Waals surface area contributed by atoms with Crippen LogP contribution in [0.3, 0.4) is 0 Å². The van der Waals surface area contributed by atoms with Crippen molar-refractivity contribution in [1.82, 2.24) is 25.8 Å². The molecule has 176 valence electrons. The largest absolute Gasteiger partial charge is 0.491 e. The first-order chi connectivity index (χ1) is 16.0. The molecule has 0 bridgehead atoms. The molecule has 1 aromatic carbocycles. The van der Waals surface area contributed by atoms with Crippen molar-refractivity contribution < 1.29 is 14.4 Å². The van der Waals surface area contributed by atoms with Crippen molar-refractivity contribution in [2.75, 3.05) is 33.3 Å². The summed E-state index contributed by atoms with van der Waals surface area (Å²) in [4.78, 5) is 9.96. The van der Waals surface area contributed by atoms with E-state index in [-0.39, 0.29) is 6.61 Å². The maximum Gasteiger partial charge on any atom is 0.160 e. The third kappa shape index (κ3) is 5.40. The smallest absolute Gasteiger partial charge is 0.160 e. The van der Waals surface area contributed by atoms with E-state index in [1.807, 2.05) is 38.1 Å². The van der Waals surface area contributed by atoms with Crippen molar-refractivity contribution in [3.05, 3.63) is 47.0 Å². The van der Waals surface area contributed by atoms with Gasteiger partial charge < -0.3 is 25.0 Å². The fourth-order valence-electron chi connectivity index (χ4n) is 4.33. The van der Waals surface area contributed by atoms with Crippen LogP contribution in [-0.2, 0) is 6.42 Å². The molecular weight excluding hydrogens is 418 g/mol. The van der Waals surface area contributed by atoms with Gasteiger partial charge >= 0.3 is 0 Å². The van der Waals surface area contributed by atoms with E-state index in [0.717, 1.165) is 65.5 Å². The number of rotatable bonds is 9. The van der Waals surface area contributed by atoms with Gasteiger partial charge in [-0.3, -0.25) is 0 Å². The van der Waals surface area contributed by atoms with Gasteiger partial charge in [0, 0.05) is 17.8 Å². The van der Waals surface area contributed by atoms with Crippen molar-refractivity contribution in [3.8, 4) is 28.4 Å². The first kappa shape index (κ1) is 23.4. The Bertz CT molecular complexity index is 1070. The summed E-state index contributed by atoms with van der Waals surface area (Å²) in [6.07, 6.45) is 1.47. The Balaban J connectivity index is 1.72. The predicted molar refractivity (Wildman–Crippen MR) is 127 cm³/mol. The molecule has 3 aromatic rings. The molecule has 3 heterocycles. The van der Waals surface area contributed by atoms with Crippen LogP contribution in [0, 0.1) is 26.7 Å². The van der Waals surface area contributed by atoms with Gasteiger partial charge in [-0.2, -0.15) is 0 Å². The summed E-state index contributed by atoms with van der Waals surface area (Å²) < 4.78 is 11.3. The minimum absolute atomic E-state index is 0.212. The van der Waals surface area contributed by atoms with Crippen LogP contribution in [0.1, 0.15) is 29.1 Å². The second-order valence-electron chi connectivity index (χ2n) is 8.78. The third-order valence-electron chi connectivity index (χ3n) is 6.14. The lowest BCUT2D eigenvalue weighted by Gasteiger charge is -2.16. The van der Waals surface area contributed by atoms with E-state index >= 15 is 0 Å². The van der Waals surface area contributed by atoms with Gasteiger partial charge in [0.05, 0.1) is 17.0 Å². The Morgan fingerprint density at radius 3 is 2.82 bits per heavy atom. The molecule has 8 heteroatoms. The highest BCUT2D eigenvalue weighted by atomic mass is 16.5. The molecule has 33 heavy (non-hydrogen) atoms. The zero-order valence-corrected chi connectivity index (χ0v) is 19.8. The van der Waals surface area contributed by atoms with Crippen LogP contribution < -0.4 is 15.4 Å². The molecule has 8 nitrogen and oxygen atoms in total. The fourth-order valence-corrected chi connectivity index (χ4v) is 4.33. The molecule has 1 aliphatic heterocycles. The molecule has 0 saturated carbocycles. The van der Waals surface area contributed by atoms with Gasteiger partial charge in [0.25, 0.3) is 0 Å². The lowest BCUT2D eigenvalue weighted by molar-refractivity contribution is 0.108. The maximum atomic E-state index is 9.96. The van der Waals surface area contributed by atoms with Crippen LogP contribution >= 0.6 is 0 Å². The summed E-state index contributed by atoms with van der Waals surface area (Å²) in [5, 5.41) is 20.5. The van der Waals surface area contributed by atoms with E-state index in [1.54, 1.807) is 7.05 Å². The Morgan fingerprint density at radius 2 is 2.12 bits per heavy atom. The molecule has 1 saturated heterocycles. The van der Waals surface area contributed by atoms with Crippen LogP contribution in [0.4, 0.5) is 0 Å². The van der Waals surface area contributed by atoms with E-state index < -0.39 is 6.10 Å². The summed E-state index contributed by atoms with van der Waals surface area (Å²) in [6.45, 7) is 8.70. The van der Waals surface area contributed by atoms with Gasteiger partial charge in [0.1, 0.15) is 24.2 Å². The van der Waals surface area contributed by atoms with Gasteiger partial charge in [-0.15, -0.1) is 0 Å². The van der Waals surface area contributed by atoms with E-state index in [0.29, 0.717) is 24.0 Å². The monoisotopic (exact) mass is 451 g/mol. The lowest BCUT2D eigenvalue weighted by atomic mass is 9.96. The topological polar surface area (TPSA) is 105 Å². The minimum Gasteiger partial charge on any atom is -0.491 e. The van der Waals surface area contributed by atoms with Crippen molar-refractivity contribution in [1.29, 1.82) is 0 Å². The zero-order valence-electron chi connectivity index (χ0n) is 19.8. The first-order valence-electron chi connectivity index (χ1n) is 11.5. The number of nitrogens with one attached hydrogen (secondary N) is 2. The number of hydrogen-bond acceptors (Lipinski definition) is 8. The molecule has 1 fully saturated rings. The number of aliphatic hydroxyl groups is 1. The van der Waals surface area contributed by atoms with Crippen molar-refractivity contribution in [2.45, 2.75) is 39.7 Å². The van der Waals surface area contributed by atoms with Gasteiger partial charge in [-0.05, 0) is 77.4 Å². The molecular formula is C25H33N5O3. The molecule has 1 aliphatic rings. The van der Waals surface area contributed by atoms with E-state index in [4.69, 9.17) is 19.2 Å². The highest BCUT2D eigenvalue weighted by Crippen LogP contribution is 2.33. The Kier molecular flexibility index (Phi) is 7.37. The van der Waals surface area contributed by atoms with Gasteiger partial charge in [0.2, 0.25) is 0 Å². The number of aromatic nitrogens is 3. The maximum absolute atomic E-state index is 9.96.